The summed E-state index contributed by atoms with van der Waals surface area (Å²) in [7, 11) is 0. The highest BCUT2D eigenvalue weighted by Crippen LogP contribution is 2.48. The normalized spacial score (nSPS) is 14.7. The van der Waals surface area contributed by atoms with Gasteiger partial charge in [-0.15, -0.1) is 10.2 Å². The number of hydrogen-bond donors (Lipinski definition) is 2. The molecule has 0 aliphatic carbocycles. The number of hydrogen-bond acceptors (Lipinski definition) is 13. The second kappa shape index (κ2) is 22.0. The van der Waals surface area contributed by atoms with E-state index in [1.54, 1.807) is 0 Å². The van der Waals surface area contributed by atoms with Gasteiger partial charge in [0.1, 0.15) is 47.3 Å². The lowest BCUT2D eigenvalue weighted by atomic mass is 9.84. The van der Waals surface area contributed by atoms with E-state index in [-0.39, 0.29) is 7.43 Å². The van der Waals surface area contributed by atoms with Crippen molar-refractivity contribution in [3.05, 3.63) is 196 Å². The number of alkyl halides is 4. The third-order valence-corrected chi connectivity index (χ3v) is 12.4. The van der Waals surface area contributed by atoms with Gasteiger partial charge in [-0.2, -0.15) is 22.8 Å². The number of aromatic nitrogens is 10. The Balaban J connectivity index is 0.000000245. The summed E-state index contributed by atoms with van der Waals surface area (Å²) in [5, 5.41) is 51.6. The Labute approximate surface area is 420 Å². The van der Waals surface area contributed by atoms with E-state index in [0.29, 0.717) is 27.7 Å². The first kappa shape index (κ1) is 53.2. The molecule has 378 valence electrons. The molecule has 0 radical (unpaired) electrons. The molecule has 0 unspecified atom stereocenters. The largest absolute Gasteiger partial charge is 0.377 e. The molecule has 4 aromatic heterocycles. The Morgan fingerprint density at radius 1 is 0.603 bits per heavy atom. The zero-order valence-corrected chi connectivity index (χ0v) is 38.8. The zero-order valence-electron chi connectivity index (χ0n) is 37.3. The van der Waals surface area contributed by atoms with Crippen molar-refractivity contribution >= 4 is 21.6 Å². The fourth-order valence-electron chi connectivity index (χ4n) is 8.04. The third kappa shape index (κ3) is 11.4. The van der Waals surface area contributed by atoms with E-state index < -0.39 is 81.9 Å². The van der Waals surface area contributed by atoms with E-state index >= 15 is 17.6 Å². The fraction of sp³-hybridized carbons (Fsp3) is 0.245. The minimum absolute atomic E-state index is 0. The van der Waals surface area contributed by atoms with Crippen molar-refractivity contribution in [2.75, 3.05) is 31.1 Å². The second-order valence-corrected chi connectivity index (χ2v) is 17.5. The molecule has 2 atom stereocenters. The van der Waals surface area contributed by atoms with E-state index in [4.69, 9.17) is 5.26 Å². The van der Waals surface area contributed by atoms with Gasteiger partial charge in [0.15, 0.2) is 11.2 Å². The number of piperazine rings is 1. The van der Waals surface area contributed by atoms with Crippen molar-refractivity contribution in [3.8, 4) is 17.2 Å². The molecule has 0 saturated carbocycles. The summed E-state index contributed by atoms with van der Waals surface area (Å²) in [6, 6.07) is 26.2. The number of anilines is 1. The van der Waals surface area contributed by atoms with Crippen LogP contribution in [0.15, 0.2) is 139 Å². The number of halogens is 9. The highest BCUT2D eigenvalue weighted by molar-refractivity contribution is 9.10. The molecule has 1 aliphatic heterocycles. The van der Waals surface area contributed by atoms with E-state index in [1.807, 2.05) is 48.5 Å². The van der Waals surface area contributed by atoms with Gasteiger partial charge >= 0.3 is 11.8 Å². The van der Waals surface area contributed by atoms with E-state index in [0.717, 1.165) is 114 Å². The van der Waals surface area contributed by atoms with Crippen LogP contribution in [0, 0.1) is 34.6 Å². The van der Waals surface area contributed by atoms with Crippen LogP contribution in [0.4, 0.5) is 40.8 Å². The van der Waals surface area contributed by atoms with Crippen molar-refractivity contribution in [2.24, 2.45) is 0 Å². The lowest BCUT2D eigenvalue weighted by Crippen LogP contribution is -2.48. The van der Waals surface area contributed by atoms with Crippen LogP contribution in [0.5, 0.6) is 0 Å². The van der Waals surface area contributed by atoms with Gasteiger partial charge in [0.25, 0.3) is 0 Å². The predicted molar refractivity (Wildman–Crippen MR) is 251 cm³/mol. The van der Waals surface area contributed by atoms with Gasteiger partial charge in [-0.05, 0) is 115 Å². The first-order valence-electron chi connectivity index (χ1n) is 21.6. The highest BCUT2D eigenvalue weighted by atomic mass is 79.9. The quantitative estimate of drug-likeness (QED) is 0.0993. The third-order valence-electron chi connectivity index (χ3n) is 11.9. The molecule has 15 nitrogen and oxygen atoms in total. The summed E-state index contributed by atoms with van der Waals surface area (Å²) in [5.41, 5.74) is -5.45. The molecular weight excluding hydrogens is 1030 g/mol. The Bertz CT molecular complexity index is 3130. The standard InChI is InChI=1S/C33H28F4N8O.C15H10BrF4N5O.CH4/c34-27-8-11-29(30(35)17-27)32(46,21-45-22-40-41-42-45)33(36,37)31-12-7-26(19-39-31)25-5-1-24(2-6-25)20-43-13-15-44(16-14-43)28-9-3-23(18-38)4-10-28;16-9-1-4-13(21-6-9)15(19,20)14(26,7-25-8-22-23-24-25)11-3-2-10(17)5-12(11)18;/h1-12,17,19,22,46H,13-16,20-21H2;1-6,8,26H,7H2;1H4/t32-;14-;/m00./s1. The molecule has 9 rings (SSSR count). The SMILES string of the molecule is C.N#Cc1ccc(N2CCN(Cc3ccc(-c4ccc(C(F)(F)[C@](O)(Cn5cnnn5)c5ccc(F)cc5F)nc4)cc3)CC2)cc1.O[C@@](Cn1cnnn1)(c1ccc(F)cc1F)C(F)(F)c1ccc(Br)cn1. The Morgan fingerprint density at radius 2 is 1.10 bits per heavy atom. The number of tetrazole rings is 2. The number of benzene rings is 4. The molecule has 4 aromatic carbocycles. The van der Waals surface area contributed by atoms with Gasteiger partial charge in [-0.1, -0.05) is 37.8 Å². The summed E-state index contributed by atoms with van der Waals surface area (Å²) < 4.78 is 120. The van der Waals surface area contributed by atoms with Crippen LogP contribution in [0.1, 0.15) is 41.1 Å². The molecule has 1 aliphatic rings. The molecule has 8 aromatic rings. The van der Waals surface area contributed by atoms with Crippen LogP contribution in [-0.4, -0.2) is 91.7 Å². The van der Waals surface area contributed by atoms with Gasteiger partial charge in [0, 0.05) is 84.1 Å². The lowest BCUT2D eigenvalue weighted by molar-refractivity contribution is -0.207. The summed E-state index contributed by atoms with van der Waals surface area (Å²) in [5.74, 6) is -12.8. The van der Waals surface area contributed by atoms with Crippen LogP contribution in [-0.2, 0) is 42.7 Å². The van der Waals surface area contributed by atoms with Crippen LogP contribution in [0.25, 0.3) is 11.1 Å². The number of pyridine rings is 2. The van der Waals surface area contributed by atoms with Crippen molar-refractivity contribution in [3.63, 3.8) is 0 Å². The maximum absolute atomic E-state index is 16.0. The van der Waals surface area contributed by atoms with Crippen LogP contribution < -0.4 is 4.90 Å². The van der Waals surface area contributed by atoms with Crippen molar-refractivity contribution < 1.29 is 45.3 Å². The molecule has 24 heteroatoms. The lowest BCUT2D eigenvalue weighted by Gasteiger charge is -2.36. The van der Waals surface area contributed by atoms with Crippen LogP contribution in [0.2, 0.25) is 0 Å². The summed E-state index contributed by atoms with van der Waals surface area (Å²) in [6.07, 6.45) is 4.36. The molecule has 0 bridgehead atoms. The highest BCUT2D eigenvalue weighted by Gasteiger charge is 2.59. The Morgan fingerprint density at radius 3 is 1.52 bits per heavy atom. The van der Waals surface area contributed by atoms with Gasteiger partial charge in [-0.3, -0.25) is 14.9 Å². The molecule has 1 fully saturated rings. The molecule has 1 saturated heterocycles. The van der Waals surface area contributed by atoms with E-state index in [9.17, 15) is 27.8 Å². The van der Waals surface area contributed by atoms with Gasteiger partial charge < -0.3 is 15.1 Å². The summed E-state index contributed by atoms with van der Waals surface area (Å²) in [6.45, 7) is 2.42. The number of nitriles is 1. The van der Waals surface area contributed by atoms with Gasteiger partial charge in [0.05, 0.1) is 24.7 Å². The smallest absolute Gasteiger partial charge is 0.323 e. The van der Waals surface area contributed by atoms with Crippen LogP contribution in [0.3, 0.4) is 0 Å². The summed E-state index contributed by atoms with van der Waals surface area (Å²) in [4.78, 5) is 12.2. The predicted octanol–water partition coefficient (Wildman–Crippen LogP) is 8.31. The van der Waals surface area contributed by atoms with E-state index in [2.05, 4.69) is 72.8 Å². The maximum atomic E-state index is 16.0. The molecule has 0 spiro atoms. The van der Waals surface area contributed by atoms with Crippen LogP contribution >= 0.6 is 15.9 Å². The minimum Gasteiger partial charge on any atom is -0.377 e. The fourth-order valence-corrected chi connectivity index (χ4v) is 8.27. The summed E-state index contributed by atoms with van der Waals surface area (Å²) >= 11 is 3.07. The number of nitrogens with zero attached hydrogens (tertiary/aromatic N) is 13. The zero-order chi connectivity index (χ0) is 51.3. The molecule has 2 N–H and O–H groups in total. The monoisotopic (exact) mass is 1080 g/mol. The number of rotatable bonds is 14. The van der Waals surface area contributed by atoms with Crippen molar-refractivity contribution in [1.29, 1.82) is 5.26 Å². The molecular formula is C49H42BrF8N13O2. The topological polar surface area (TPSA) is 184 Å². The first-order valence-corrected chi connectivity index (χ1v) is 22.4. The Kier molecular flexibility index (Phi) is 16.1. The van der Waals surface area contributed by atoms with Gasteiger partial charge in [0.2, 0.25) is 0 Å². The average molecular weight is 1080 g/mol. The molecule has 5 heterocycles. The van der Waals surface area contributed by atoms with Crippen molar-refractivity contribution in [2.45, 2.75) is 50.1 Å². The molecule has 73 heavy (non-hydrogen) atoms. The average Bonchev–Trinajstić information content (AvgIpc) is 4.10. The van der Waals surface area contributed by atoms with Gasteiger partial charge in [-0.25, -0.2) is 26.9 Å². The van der Waals surface area contributed by atoms with E-state index in [1.165, 1.54) is 18.3 Å². The Hall–Kier alpha value is -7.59. The molecule has 0 amide bonds. The number of aliphatic hydroxyl groups is 2. The minimum atomic E-state index is -4.13. The second-order valence-electron chi connectivity index (χ2n) is 16.5. The maximum Gasteiger partial charge on any atom is 0.323 e. The van der Waals surface area contributed by atoms with Crippen molar-refractivity contribution in [1.82, 2.24) is 55.3 Å². The first-order chi connectivity index (χ1) is 34.4.